The number of benzene rings is 1. The van der Waals surface area contributed by atoms with E-state index in [1.54, 1.807) is 7.11 Å². The Morgan fingerprint density at radius 1 is 1.25 bits per heavy atom. The first-order valence-electron chi connectivity index (χ1n) is 10.6. The lowest BCUT2D eigenvalue weighted by Gasteiger charge is -2.32. The highest BCUT2D eigenvalue weighted by atomic mass is 35.5. The summed E-state index contributed by atoms with van der Waals surface area (Å²) in [5, 5.41) is 7.29. The van der Waals surface area contributed by atoms with Crippen LogP contribution in [0.2, 0.25) is 5.02 Å². The SMILES string of the molecule is COc1cc(N2CCC[C@H](C)C2)nc(NC(=S)NCc2ccc(-c3ccc(Cl)cc3)o2)n1. The van der Waals surface area contributed by atoms with E-state index in [0.29, 0.717) is 34.4 Å². The highest BCUT2D eigenvalue weighted by Gasteiger charge is 2.19. The van der Waals surface area contributed by atoms with E-state index >= 15 is 0 Å². The summed E-state index contributed by atoms with van der Waals surface area (Å²) < 4.78 is 11.3. The second-order valence-corrected chi connectivity index (χ2v) is 8.71. The smallest absolute Gasteiger partial charge is 0.234 e. The zero-order chi connectivity index (χ0) is 22.5. The molecule has 0 radical (unpaired) electrons. The Hall–Kier alpha value is -2.84. The molecule has 0 saturated carbocycles. The van der Waals surface area contributed by atoms with Gasteiger partial charge in [-0.15, -0.1) is 0 Å². The average Bonchev–Trinajstić information content (AvgIpc) is 3.27. The largest absolute Gasteiger partial charge is 0.481 e. The average molecular weight is 472 g/mol. The fourth-order valence-corrected chi connectivity index (χ4v) is 3.98. The van der Waals surface area contributed by atoms with Crippen molar-refractivity contribution >= 4 is 40.7 Å². The van der Waals surface area contributed by atoms with Gasteiger partial charge in [-0.25, -0.2) is 0 Å². The van der Waals surface area contributed by atoms with Crippen LogP contribution in [0.25, 0.3) is 11.3 Å². The van der Waals surface area contributed by atoms with Crippen LogP contribution in [0.1, 0.15) is 25.5 Å². The minimum absolute atomic E-state index is 0.399. The van der Waals surface area contributed by atoms with Gasteiger partial charge in [0.1, 0.15) is 17.3 Å². The lowest BCUT2D eigenvalue weighted by molar-refractivity contribution is 0.396. The van der Waals surface area contributed by atoms with Gasteiger partial charge in [-0.3, -0.25) is 0 Å². The van der Waals surface area contributed by atoms with Crippen molar-refractivity contribution in [3.63, 3.8) is 0 Å². The van der Waals surface area contributed by atoms with E-state index in [-0.39, 0.29) is 0 Å². The molecule has 2 aromatic heterocycles. The number of piperidine rings is 1. The molecule has 1 saturated heterocycles. The van der Waals surface area contributed by atoms with Gasteiger partial charge in [-0.1, -0.05) is 18.5 Å². The van der Waals surface area contributed by atoms with E-state index in [9.17, 15) is 0 Å². The van der Waals surface area contributed by atoms with Gasteiger partial charge in [0.15, 0.2) is 5.11 Å². The van der Waals surface area contributed by atoms with Crippen molar-refractivity contribution in [1.82, 2.24) is 15.3 Å². The summed E-state index contributed by atoms with van der Waals surface area (Å²) in [6, 6.07) is 13.2. The molecule has 1 fully saturated rings. The zero-order valence-corrected chi connectivity index (χ0v) is 19.7. The molecule has 1 aromatic carbocycles. The van der Waals surface area contributed by atoms with Gasteiger partial charge in [-0.2, -0.15) is 9.97 Å². The predicted octanol–water partition coefficient (Wildman–Crippen LogP) is 5.12. The molecule has 0 spiro atoms. The molecule has 0 amide bonds. The zero-order valence-electron chi connectivity index (χ0n) is 18.1. The Morgan fingerprint density at radius 2 is 2.06 bits per heavy atom. The normalized spacial score (nSPS) is 16.0. The summed E-state index contributed by atoms with van der Waals surface area (Å²) in [5.74, 6) is 3.90. The van der Waals surface area contributed by atoms with E-state index < -0.39 is 0 Å². The Kier molecular flexibility index (Phi) is 7.12. The van der Waals surface area contributed by atoms with Crippen molar-refractivity contribution in [2.24, 2.45) is 5.92 Å². The van der Waals surface area contributed by atoms with Gasteiger partial charge in [0.2, 0.25) is 11.8 Å². The first-order chi connectivity index (χ1) is 15.5. The molecular formula is C23H26ClN5O2S. The van der Waals surface area contributed by atoms with Gasteiger partial charge < -0.3 is 24.7 Å². The van der Waals surface area contributed by atoms with Crippen LogP contribution in [0.5, 0.6) is 5.88 Å². The number of hydrogen-bond acceptors (Lipinski definition) is 6. The number of thiocarbonyl (C=S) groups is 1. The maximum absolute atomic E-state index is 5.95. The molecule has 3 aromatic rings. The number of furan rings is 1. The van der Waals surface area contributed by atoms with E-state index in [0.717, 1.165) is 42.4 Å². The Morgan fingerprint density at radius 3 is 2.81 bits per heavy atom. The number of anilines is 2. The Bertz CT molecular complexity index is 1070. The third kappa shape index (κ3) is 5.69. The highest BCUT2D eigenvalue weighted by molar-refractivity contribution is 7.80. The lowest BCUT2D eigenvalue weighted by Crippen LogP contribution is -2.35. The van der Waals surface area contributed by atoms with Crippen LogP contribution < -0.4 is 20.3 Å². The van der Waals surface area contributed by atoms with Crippen LogP contribution in [0.15, 0.2) is 46.9 Å². The maximum Gasteiger partial charge on any atom is 0.234 e. The minimum Gasteiger partial charge on any atom is -0.481 e. The van der Waals surface area contributed by atoms with Crippen LogP contribution in [0, 0.1) is 5.92 Å². The summed E-state index contributed by atoms with van der Waals surface area (Å²) in [6.07, 6.45) is 2.39. The fraction of sp³-hybridized carbons (Fsp3) is 0.348. The number of ether oxygens (including phenoxy) is 1. The van der Waals surface area contributed by atoms with Gasteiger partial charge in [0.05, 0.1) is 13.7 Å². The number of hydrogen-bond donors (Lipinski definition) is 2. The van der Waals surface area contributed by atoms with E-state index in [1.165, 1.54) is 6.42 Å². The third-order valence-electron chi connectivity index (χ3n) is 5.32. The number of nitrogens with one attached hydrogen (secondary N) is 2. The number of rotatable bonds is 6. The second-order valence-electron chi connectivity index (χ2n) is 7.87. The number of nitrogens with zero attached hydrogens (tertiary/aromatic N) is 3. The fourth-order valence-electron chi connectivity index (χ4n) is 3.69. The highest BCUT2D eigenvalue weighted by Crippen LogP contribution is 2.26. The van der Waals surface area contributed by atoms with Crippen LogP contribution in [-0.2, 0) is 6.54 Å². The van der Waals surface area contributed by atoms with Crippen molar-refractivity contribution in [1.29, 1.82) is 0 Å². The van der Waals surface area contributed by atoms with Gasteiger partial charge in [0, 0.05) is 29.7 Å². The van der Waals surface area contributed by atoms with Crippen molar-refractivity contribution in [3.05, 3.63) is 53.2 Å². The summed E-state index contributed by atoms with van der Waals surface area (Å²) in [7, 11) is 1.60. The Balaban J connectivity index is 1.37. The summed E-state index contributed by atoms with van der Waals surface area (Å²) in [6.45, 7) is 4.63. The molecule has 0 aliphatic carbocycles. The van der Waals surface area contributed by atoms with Crippen molar-refractivity contribution in [2.45, 2.75) is 26.3 Å². The van der Waals surface area contributed by atoms with Crippen molar-refractivity contribution in [2.75, 3.05) is 30.4 Å². The Labute approximate surface area is 198 Å². The minimum atomic E-state index is 0.399. The molecule has 4 rings (SSSR count). The number of aromatic nitrogens is 2. The van der Waals surface area contributed by atoms with Crippen LogP contribution in [0.4, 0.5) is 11.8 Å². The van der Waals surface area contributed by atoms with Crippen LogP contribution >= 0.6 is 23.8 Å². The topological polar surface area (TPSA) is 75.5 Å². The molecule has 0 bridgehead atoms. The molecule has 7 nitrogen and oxygen atoms in total. The first-order valence-corrected chi connectivity index (χ1v) is 11.4. The molecule has 3 heterocycles. The van der Waals surface area contributed by atoms with Crippen molar-refractivity contribution in [3.8, 4) is 17.2 Å². The van der Waals surface area contributed by atoms with Crippen molar-refractivity contribution < 1.29 is 9.15 Å². The predicted molar refractivity (Wildman–Crippen MR) is 131 cm³/mol. The number of halogens is 1. The van der Waals surface area contributed by atoms with E-state index in [1.807, 2.05) is 42.5 Å². The second kappa shape index (κ2) is 10.2. The lowest BCUT2D eigenvalue weighted by atomic mass is 10.0. The van der Waals surface area contributed by atoms with E-state index in [4.69, 9.17) is 33.0 Å². The molecule has 9 heteroatoms. The molecule has 1 aliphatic heterocycles. The molecular weight excluding hydrogens is 446 g/mol. The summed E-state index contributed by atoms with van der Waals surface area (Å²) in [5.41, 5.74) is 0.964. The van der Waals surface area contributed by atoms with Gasteiger partial charge >= 0.3 is 0 Å². The monoisotopic (exact) mass is 471 g/mol. The summed E-state index contributed by atoms with van der Waals surface area (Å²) >= 11 is 11.4. The van der Waals surface area contributed by atoms with Crippen LogP contribution in [-0.4, -0.2) is 35.3 Å². The molecule has 1 atom stereocenters. The number of methoxy groups -OCH3 is 1. The van der Waals surface area contributed by atoms with Gasteiger partial charge in [-0.05, 0) is 67.4 Å². The maximum atomic E-state index is 5.95. The molecule has 1 aliphatic rings. The summed E-state index contributed by atoms with van der Waals surface area (Å²) in [4.78, 5) is 11.3. The third-order valence-corrected chi connectivity index (χ3v) is 5.82. The molecule has 0 unspecified atom stereocenters. The van der Waals surface area contributed by atoms with Gasteiger partial charge in [0.25, 0.3) is 0 Å². The van der Waals surface area contributed by atoms with Crippen LogP contribution in [0.3, 0.4) is 0 Å². The molecule has 2 N–H and O–H groups in total. The first kappa shape index (κ1) is 22.4. The quantitative estimate of drug-likeness (QED) is 0.480. The molecule has 168 valence electrons. The molecule has 32 heavy (non-hydrogen) atoms. The standard InChI is InChI=1S/C23H26ClN5O2S/c1-15-4-3-11-29(14-15)20-12-21(30-2)27-22(26-20)28-23(32)25-13-18-9-10-19(31-18)16-5-7-17(24)8-6-16/h5-10,12,15H,3-4,11,13-14H2,1-2H3,(H2,25,26,27,28,32)/t15-/m0/s1. The van der Waals surface area contributed by atoms with E-state index in [2.05, 4.69) is 32.4 Å².